The molecular weight excluding hydrogens is 250 g/mol. The molecule has 0 bridgehead atoms. The number of hydrogen-bond acceptors (Lipinski definition) is 4. The van der Waals surface area contributed by atoms with Gasteiger partial charge in [0.05, 0.1) is 35.1 Å². The van der Waals surface area contributed by atoms with Crippen molar-refractivity contribution >= 4 is 17.1 Å². The number of aliphatic hydroxyl groups excluding tert-OH is 1. The predicted octanol–water partition coefficient (Wildman–Crippen LogP) is 2.72. The zero-order valence-corrected chi connectivity index (χ0v) is 11.8. The van der Waals surface area contributed by atoms with Crippen LogP contribution in [0.3, 0.4) is 0 Å². The number of fused-ring (bicyclic) bond motifs is 1. The molecule has 2 heterocycles. The minimum Gasteiger partial charge on any atom is -0.387 e. The topological polar surface area (TPSA) is 39.6 Å². The Morgan fingerprint density at radius 2 is 1.85 bits per heavy atom. The number of rotatable bonds is 2. The molecule has 0 spiro atoms. The van der Waals surface area contributed by atoms with Crippen molar-refractivity contribution in [1.82, 2.24) is 4.98 Å². The number of para-hydroxylation sites is 2. The average Bonchev–Trinajstić information content (AvgIpc) is 2.48. The van der Waals surface area contributed by atoms with Crippen LogP contribution >= 0.6 is 0 Å². The highest BCUT2D eigenvalue weighted by atomic mass is 16.3. The molecule has 1 aromatic carbocycles. The molecule has 3 rings (SSSR count). The zero-order chi connectivity index (χ0) is 14.1. The molecule has 0 amide bonds. The van der Waals surface area contributed by atoms with Crippen LogP contribution in [0.1, 0.15) is 18.7 Å². The maximum absolute atomic E-state index is 9.53. The van der Waals surface area contributed by atoms with Crippen LogP contribution in [0.5, 0.6) is 0 Å². The van der Waals surface area contributed by atoms with Crippen molar-refractivity contribution in [2.24, 2.45) is 0 Å². The monoisotopic (exact) mass is 269 g/mol. The Bertz CT molecular complexity index is 595. The average molecular weight is 269 g/mol. The first-order chi connectivity index (χ1) is 9.66. The molecule has 1 aliphatic rings. The summed E-state index contributed by atoms with van der Waals surface area (Å²) in [6, 6.07) is 12.3. The lowest BCUT2D eigenvalue weighted by Gasteiger charge is -2.36. The highest BCUT2D eigenvalue weighted by Crippen LogP contribution is 2.36. The second-order valence-corrected chi connectivity index (χ2v) is 5.18. The van der Waals surface area contributed by atoms with Gasteiger partial charge in [0, 0.05) is 20.1 Å². The van der Waals surface area contributed by atoms with E-state index in [0.29, 0.717) is 5.69 Å². The molecule has 4 nitrogen and oxygen atoms in total. The molecule has 1 aliphatic heterocycles. The number of benzene rings is 1. The van der Waals surface area contributed by atoms with Crippen molar-refractivity contribution in [3.63, 3.8) is 0 Å². The highest BCUT2D eigenvalue weighted by molar-refractivity contribution is 5.78. The van der Waals surface area contributed by atoms with E-state index in [1.165, 1.54) is 11.4 Å². The summed E-state index contributed by atoms with van der Waals surface area (Å²) in [5.41, 5.74) is 4.21. The molecule has 20 heavy (non-hydrogen) atoms. The number of anilines is 3. The van der Waals surface area contributed by atoms with Crippen LogP contribution in [0.15, 0.2) is 42.6 Å². The van der Waals surface area contributed by atoms with E-state index in [1.54, 1.807) is 6.92 Å². The van der Waals surface area contributed by atoms with E-state index in [1.807, 2.05) is 18.3 Å². The van der Waals surface area contributed by atoms with Gasteiger partial charge >= 0.3 is 0 Å². The molecule has 0 radical (unpaired) electrons. The number of likely N-dealkylation sites (N-methyl/N-ethyl adjacent to an activating group) is 1. The second kappa shape index (κ2) is 5.13. The summed E-state index contributed by atoms with van der Waals surface area (Å²) in [6.45, 7) is 3.64. The van der Waals surface area contributed by atoms with Crippen LogP contribution in [0, 0.1) is 0 Å². The SMILES string of the molecule is C[C@H](O)c1ccc(N2CCN(C)c3ccccc32)cn1. The molecule has 0 saturated carbocycles. The van der Waals surface area contributed by atoms with Crippen LogP contribution in [-0.2, 0) is 0 Å². The van der Waals surface area contributed by atoms with Gasteiger partial charge in [0.1, 0.15) is 0 Å². The van der Waals surface area contributed by atoms with Gasteiger partial charge in [0.2, 0.25) is 0 Å². The fourth-order valence-electron chi connectivity index (χ4n) is 2.58. The first-order valence-electron chi connectivity index (χ1n) is 6.88. The van der Waals surface area contributed by atoms with Crippen molar-refractivity contribution in [2.75, 3.05) is 29.9 Å². The Labute approximate surface area is 119 Å². The number of aromatic nitrogens is 1. The standard InChI is InChI=1S/C16H19N3O/c1-12(20)14-8-7-13(11-17-14)19-10-9-18(2)15-5-3-4-6-16(15)19/h3-8,11-12,20H,9-10H2,1-2H3/t12-/m0/s1. The van der Waals surface area contributed by atoms with E-state index in [0.717, 1.165) is 18.8 Å². The van der Waals surface area contributed by atoms with E-state index >= 15 is 0 Å². The molecule has 1 aromatic heterocycles. The van der Waals surface area contributed by atoms with Gasteiger partial charge in [-0.25, -0.2) is 0 Å². The summed E-state index contributed by atoms with van der Waals surface area (Å²) in [5, 5.41) is 9.53. The first kappa shape index (κ1) is 12.9. The molecule has 0 aliphatic carbocycles. The van der Waals surface area contributed by atoms with Crippen molar-refractivity contribution in [3.8, 4) is 0 Å². The van der Waals surface area contributed by atoms with E-state index < -0.39 is 6.10 Å². The molecule has 4 heteroatoms. The Morgan fingerprint density at radius 1 is 1.10 bits per heavy atom. The van der Waals surface area contributed by atoms with Crippen LogP contribution in [0.25, 0.3) is 0 Å². The normalized spacial score (nSPS) is 15.9. The van der Waals surface area contributed by atoms with Gasteiger partial charge in [0.15, 0.2) is 0 Å². The lowest BCUT2D eigenvalue weighted by atomic mass is 10.1. The number of nitrogens with zero attached hydrogens (tertiary/aromatic N) is 3. The van der Waals surface area contributed by atoms with Crippen LogP contribution in [0.4, 0.5) is 17.1 Å². The molecular formula is C16H19N3O. The Hall–Kier alpha value is -2.07. The van der Waals surface area contributed by atoms with Crippen molar-refractivity contribution in [3.05, 3.63) is 48.3 Å². The summed E-state index contributed by atoms with van der Waals surface area (Å²) in [6.07, 6.45) is 1.31. The molecule has 1 atom stereocenters. The molecule has 0 fully saturated rings. The van der Waals surface area contributed by atoms with Crippen LogP contribution in [-0.4, -0.2) is 30.2 Å². The molecule has 2 aromatic rings. The zero-order valence-electron chi connectivity index (χ0n) is 11.8. The fourth-order valence-corrected chi connectivity index (χ4v) is 2.58. The van der Waals surface area contributed by atoms with E-state index in [-0.39, 0.29) is 0 Å². The maximum Gasteiger partial charge on any atom is 0.0931 e. The third kappa shape index (κ3) is 2.23. The fraction of sp³-hybridized carbons (Fsp3) is 0.312. The number of hydrogen-bond donors (Lipinski definition) is 1. The summed E-state index contributed by atoms with van der Waals surface area (Å²) >= 11 is 0. The van der Waals surface area contributed by atoms with Gasteiger partial charge in [-0.1, -0.05) is 12.1 Å². The predicted molar refractivity (Wildman–Crippen MR) is 81.6 cm³/mol. The first-order valence-corrected chi connectivity index (χ1v) is 6.88. The van der Waals surface area contributed by atoms with Gasteiger partial charge < -0.3 is 14.9 Å². The lowest BCUT2D eigenvalue weighted by Crippen LogP contribution is -2.36. The number of aliphatic hydroxyl groups is 1. The molecule has 0 unspecified atom stereocenters. The lowest BCUT2D eigenvalue weighted by molar-refractivity contribution is 0.194. The van der Waals surface area contributed by atoms with Gasteiger partial charge in [0.25, 0.3) is 0 Å². The van der Waals surface area contributed by atoms with Gasteiger partial charge in [-0.2, -0.15) is 0 Å². The Morgan fingerprint density at radius 3 is 2.50 bits per heavy atom. The van der Waals surface area contributed by atoms with Gasteiger partial charge in [-0.15, -0.1) is 0 Å². The van der Waals surface area contributed by atoms with Gasteiger partial charge in [-0.3, -0.25) is 4.98 Å². The van der Waals surface area contributed by atoms with E-state index in [2.05, 4.69) is 46.1 Å². The minimum absolute atomic E-state index is 0.524. The third-order valence-corrected chi connectivity index (χ3v) is 3.75. The largest absolute Gasteiger partial charge is 0.387 e. The van der Waals surface area contributed by atoms with E-state index in [9.17, 15) is 5.11 Å². The minimum atomic E-state index is -0.524. The van der Waals surface area contributed by atoms with Crippen molar-refractivity contribution in [2.45, 2.75) is 13.0 Å². The highest BCUT2D eigenvalue weighted by Gasteiger charge is 2.21. The molecule has 104 valence electrons. The van der Waals surface area contributed by atoms with Crippen molar-refractivity contribution < 1.29 is 5.11 Å². The summed E-state index contributed by atoms with van der Waals surface area (Å²) < 4.78 is 0. The van der Waals surface area contributed by atoms with Crippen LogP contribution < -0.4 is 9.80 Å². The molecule has 0 saturated heterocycles. The van der Waals surface area contributed by atoms with E-state index in [4.69, 9.17) is 0 Å². The Kier molecular flexibility index (Phi) is 3.32. The Balaban J connectivity index is 1.97. The smallest absolute Gasteiger partial charge is 0.0931 e. The quantitative estimate of drug-likeness (QED) is 0.910. The molecule has 1 N–H and O–H groups in total. The summed E-state index contributed by atoms with van der Waals surface area (Å²) in [4.78, 5) is 8.88. The second-order valence-electron chi connectivity index (χ2n) is 5.18. The summed E-state index contributed by atoms with van der Waals surface area (Å²) in [7, 11) is 2.12. The third-order valence-electron chi connectivity index (χ3n) is 3.75. The van der Waals surface area contributed by atoms with Crippen molar-refractivity contribution in [1.29, 1.82) is 0 Å². The van der Waals surface area contributed by atoms with Gasteiger partial charge in [-0.05, 0) is 31.2 Å². The number of pyridine rings is 1. The van der Waals surface area contributed by atoms with Crippen LogP contribution in [0.2, 0.25) is 0 Å². The summed E-state index contributed by atoms with van der Waals surface area (Å²) in [5.74, 6) is 0. The maximum atomic E-state index is 9.53.